The van der Waals surface area contributed by atoms with Crippen LogP contribution in [0.15, 0.2) is 91.1 Å². The van der Waals surface area contributed by atoms with E-state index in [0.717, 1.165) is 27.7 Å². The molecule has 2 N–H and O–H groups in total. The van der Waals surface area contributed by atoms with E-state index in [0.29, 0.717) is 17.9 Å². The predicted octanol–water partition coefficient (Wildman–Crippen LogP) is 4.62. The molecule has 0 fully saturated rings. The first kappa shape index (κ1) is 19.8. The minimum absolute atomic E-state index is 0.000717. The van der Waals surface area contributed by atoms with Gasteiger partial charge in [0.2, 0.25) is 0 Å². The molecule has 0 radical (unpaired) electrons. The highest BCUT2D eigenvalue weighted by molar-refractivity contribution is 5.93. The summed E-state index contributed by atoms with van der Waals surface area (Å²) in [6.45, 7) is 2.25. The van der Waals surface area contributed by atoms with E-state index < -0.39 is 0 Å². The minimum Gasteiger partial charge on any atom is -0.361 e. The lowest BCUT2D eigenvalue weighted by Gasteiger charge is -2.18. The molecule has 1 atom stereocenters. The van der Waals surface area contributed by atoms with E-state index in [1.807, 2.05) is 66.9 Å². The summed E-state index contributed by atoms with van der Waals surface area (Å²) in [6.07, 6.45) is 2.03. The molecular weight excluding hydrogens is 398 g/mol. The number of benzene rings is 3. The molecule has 6 heteroatoms. The highest BCUT2D eigenvalue weighted by atomic mass is 16.2. The van der Waals surface area contributed by atoms with Gasteiger partial charge in [-0.25, -0.2) is 0 Å². The summed E-state index contributed by atoms with van der Waals surface area (Å²) in [5.41, 5.74) is 5.11. The standard InChI is InChI=1S/C26H23N5O/c1-18-25(30-31(29-18)20-12-6-3-7-13-20)26(32)28-16-22(19-10-4-2-5-11-19)23-17-27-24-15-9-8-14-21(23)24/h2-15,17,22,27H,16H2,1H3,(H,28,32)/t22-/m1/s1. The summed E-state index contributed by atoms with van der Waals surface area (Å²) in [4.78, 5) is 17.9. The number of para-hydroxylation sites is 2. The average Bonchev–Trinajstić information content (AvgIpc) is 3.44. The molecule has 2 aromatic heterocycles. The second kappa shape index (κ2) is 8.51. The third kappa shape index (κ3) is 3.78. The molecule has 0 saturated heterocycles. The Morgan fingerprint density at radius 3 is 2.41 bits per heavy atom. The third-order valence-corrected chi connectivity index (χ3v) is 5.65. The monoisotopic (exact) mass is 421 g/mol. The smallest absolute Gasteiger partial charge is 0.273 e. The Morgan fingerprint density at radius 2 is 1.62 bits per heavy atom. The number of aryl methyl sites for hydroxylation is 1. The number of aromatic nitrogens is 4. The van der Waals surface area contributed by atoms with Gasteiger partial charge in [0, 0.05) is 29.6 Å². The maximum atomic E-state index is 13.0. The van der Waals surface area contributed by atoms with Crippen LogP contribution in [0, 0.1) is 6.92 Å². The Morgan fingerprint density at radius 1 is 0.938 bits per heavy atom. The fourth-order valence-electron chi connectivity index (χ4n) is 4.02. The normalized spacial score (nSPS) is 12.0. The molecule has 0 aliphatic heterocycles. The van der Waals surface area contributed by atoms with Gasteiger partial charge < -0.3 is 10.3 Å². The van der Waals surface area contributed by atoms with E-state index in [4.69, 9.17) is 0 Å². The lowest BCUT2D eigenvalue weighted by Crippen LogP contribution is -2.29. The van der Waals surface area contributed by atoms with Crippen molar-refractivity contribution in [3.8, 4) is 5.69 Å². The summed E-state index contributed by atoms with van der Waals surface area (Å²) in [6, 6.07) is 28.0. The summed E-state index contributed by atoms with van der Waals surface area (Å²) in [5, 5.41) is 13.1. The Labute approximate surface area is 185 Å². The zero-order valence-electron chi connectivity index (χ0n) is 17.7. The third-order valence-electron chi connectivity index (χ3n) is 5.65. The van der Waals surface area contributed by atoms with Crippen LogP contribution in [0.3, 0.4) is 0 Å². The van der Waals surface area contributed by atoms with Gasteiger partial charge >= 0.3 is 0 Å². The number of carbonyl (C=O) groups is 1. The topological polar surface area (TPSA) is 75.6 Å². The van der Waals surface area contributed by atoms with E-state index in [1.165, 1.54) is 4.80 Å². The molecule has 1 amide bonds. The van der Waals surface area contributed by atoms with Crippen LogP contribution in [0.4, 0.5) is 0 Å². The second-order valence-corrected chi connectivity index (χ2v) is 7.72. The fraction of sp³-hybridized carbons (Fsp3) is 0.115. The number of hydrogen-bond donors (Lipinski definition) is 2. The first-order chi connectivity index (χ1) is 15.7. The van der Waals surface area contributed by atoms with Crippen LogP contribution in [-0.4, -0.2) is 32.4 Å². The van der Waals surface area contributed by atoms with E-state index in [1.54, 1.807) is 6.92 Å². The Hall–Kier alpha value is -4.19. The van der Waals surface area contributed by atoms with Crippen molar-refractivity contribution < 1.29 is 4.79 Å². The molecule has 5 rings (SSSR count). The van der Waals surface area contributed by atoms with Gasteiger partial charge in [0.25, 0.3) is 5.91 Å². The zero-order chi connectivity index (χ0) is 21.9. The number of nitrogens with zero attached hydrogens (tertiary/aromatic N) is 3. The number of aromatic amines is 1. The highest BCUT2D eigenvalue weighted by Crippen LogP contribution is 2.30. The zero-order valence-corrected chi connectivity index (χ0v) is 17.7. The molecular formula is C26H23N5O. The number of nitrogens with one attached hydrogen (secondary N) is 2. The first-order valence-corrected chi connectivity index (χ1v) is 10.6. The van der Waals surface area contributed by atoms with Crippen LogP contribution in [0.1, 0.15) is 33.2 Å². The van der Waals surface area contributed by atoms with Gasteiger partial charge in [-0.3, -0.25) is 4.79 Å². The van der Waals surface area contributed by atoms with Gasteiger partial charge in [-0.1, -0.05) is 66.7 Å². The van der Waals surface area contributed by atoms with E-state index in [-0.39, 0.29) is 11.8 Å². The van der Waals surface area contributed by atoms with Crippen molar-refractivity contribution in [2.75, 3.05) is 6.54 Å². The van der Waals surface area contributed by atoms with Gasteiger partial charge in [-0.2, -0.15) is 9.90 Å². The highest BCUT2D eigenvalue weighted by Gasteiger charge is 2.21. The van der Waals surface area contributed by atoms with Crippen LogP contribution in [-0.2, 0) is 0 Å². The number of H-pyrrole nitrogens is 1. The molecule has 0 spiro atoms. The number of hydrogen-bond acceptors (Lipinski definition) is 3. The van der Waals surface area contributed by atoms with Crippen molar-refractivity contribution >= 4 is 16.8 Å². The van der Waals surface area contributed by atoms with Crippen LogP contribution >= 0.6 is 0 Å². The summed E-state index contributed by atoms with van der Waals surface area (Å²) in [5.74, 6) is -0.230. The quantitative estimate of drug-likeness (QED) is 0.420. The van der Waals surface area contributed by atoms with Crippen LogP contribution in [0.5, 0.6) is 0 Å². The van der Waals surface area contributed by atoms with Crippen molar-refractivity contribution in [3.63, 3.8) is 0 Å². The van der Waals surface area contributed by atoms with E-state index >= 15 is 0 Å². The maximum absolute atomic E-state index is 13.0. The molecule has 0 bridgehead atoms. The van der Waals surface area contributed by atoms with Gasteiger partial charge in [-0.15, -0.1) is 5.10 Å². The van der Waals surface area contributed by atoms with Crippen LogP contribution in [0.25, 0.3) is 16.6 Å². The Kier molecular flexibility index (Phi) is 5.25. The van der Waals surface area contributed by atoms with Gasteiger partial charge in [-0.05, 0) is 36.2 Å². The van der Waals surface area contributed by atoms with Crippen molar-refractivity contribution in [1.82, 2.24) is 25.3 Å². The number of amides is 1. The number of fused-ring (bicyclic) bond motifs is 1. The molecule has 6 nitrogen and oxygen atoms in total. The largest absolute Gasteiger partial charge is 0.361 e. The van der Waals surface area contributed by atoms with Crippen molar-refractivity contribution in [3.05, 3.63) is 114 Å². The second-order valence-electron chi connectivity index (χ2n) is 7.72. The van der Waals surface area contributed by atoms with Crippen molar-refractivity contribution in [1.29, 1.82) is 0 Å². The average molecular weight is 422 g/mol. The molecule has 0 saturated carbocycles. The SMILES string of the molecule is Cc1nn(-c2ccccc2)nc1C(=O)NC[C@H](c1ccccc1)c1c[nH]c2ccccc12. The Balaban J connectivity index is 1.42. The predicted molar refractivity (Wildman–Crippen MR) is 125 cm³/mol. The van der Waals surface area contributed by atoms with Crippen LogP contribution < -0.4 is 5.32 Å². The van der Waals surface area contributed by atoms with E-state index in [2.05, 4.69) is 44.8 Å². The molecule has 3 aromatic carbocycles. The first-order valence-electron chi connectivity index (χ1n) is 10.6. The molecule has 158 valence electrons. The summed E-state index contributed by atoms with van der Waals surface area (Å²) < 4.78 is 0. The van der Waals surface area contributed by atoms with Crippen molar-refractivity contribution in [2.24, 2.45) is 0 Å². The molecule has 0 aliphatic rings. The molecule has 5 aromatic rings. The molecule has 0 unspecified atom stereocenters. The molecule has 32 heavy (non-hydrogen) atoms. The van der Waals surface area contributed by atoms with Gasteiger partial charge in [0.05, 0.1) is 11.4 Å². The van der Waals surface area contributed by atoms with Gasteiger partial charge in [0.1, 0.15) is 0 Å². The van der Waals surface area contributed by atoms with Crippen LogP contribution in [0.2, 0.25) is 0 Å². The van der Waals surface area contributed by atoms with Gasteiger partial charge in [0.15, 0.2) is 5.69 Å². The van der Waals surface area contributed by atoms with E-state index in [9.17, 15) is 4.79 Å². The summed E-state index contributed by atoms with van der Waals surface area (Å²) >= 11 is 0. The maximum Gasteiger partial charge on any atom is 0.273 e. The van der Waals surface area contributed by atoms with Crippen molar-refractivity contribution in [2.45, 2.75) is 12.8 Å². The number of carbonyl (C=O) groups excluding carboxylic acids is 1. The number of rotatable bonds is 6. The summed E-state index contributed by atoms with van der Waals surface area (Å²) in [7, 11) is 0. The fourth-order valence-corrected chi connectivity index (χ4v) is 4.02. The Bertz CT molecular complexity index is 1360. The lowest BCUT2D eigenvalue weighted by molar-refractivity contribution is 0.0946. The lowest BCUT2D eigenvalue weighted by atomic mass is 9.91. The molecule has 0 aliphatic carbocycles. The minimum atomic E-state index is -0.231. The molecule has 2 heterocycles.